The topological polar surface area (TPSA) is 91.3 Å². The number of hydrogen-bond donors (Lipinski definition) is 0. The van der Waals surface area contributed by atoms with E-state index in [0.717, 1.165) is 11.3 Å². The monoisotopic (exact) mass is 567 g/mol. The van der Waals surface area contributed by atoms with Crippen molar-refractivity contribution < 1.29 is 24.2 Å². The van der Waals surface area contributed by atoms with Crippen LogP contribution in [0.2, 0.25) is 0 Å². The fourth-order valence-corrected chi connectivity index (χ4v) is 5.14. The number of hydrogen-bond acceptors (Lipinski definition) is 7. The molecule has 0 bridgehead atoms. The van der Waals surface area contributed by atoms with Crippen molar-refractivity contribution in [3.63, 3.8) is 0 Å². The SMILES string of the molecule is COCCN1C(=O)/C(=C/c2cc(Br)c(OCC(=O)[O-])c(Br)c2)SC1=Nc1ccccc1. The molecule has 0 saturated carbocycles. The van der Waals surface area contributed by atoms with Crippen molar-refractivity contribution in [3.05, 3.63) is 61.9 Å². The molecule has 10 heteroatoms. The Balaban J connectivity index is 1.90. The predicted octanol–water partition coefficient (Wildman–Crippen LogP) is 3.59. The van der Waals surface area contributed by atoms with E-state index in [9.17, 15) is 14.7 Å². The molecule has 2 aromatic rings. The first kappa shape index (κ1) is 23.5. The fraction of sp³-hybridized carbons (Fsp3) is 0.190. The van der Waals surface area contributed by atoms with Gasteiger partial charge in [0.05, 0.1) is 38.7 Å². The van der Waals surface area contributed by atoms with Crippen LogP contribution in [0.3, 0.4) is 0 Å². The quantitative estimate of drug-likeness (QED) is 0.452. The highest BCUT2D eigenvalue weighted by Crippen LogP contribution is 2.38. The number of halogens is 2. The van der Waals surface area contributed by atoms with Crippen molar-refractivity contribution >= 4 is 72.4 Å². The average Bonchev–Trinajstić information content (AvgIpc) is 3.00. The largest absolute Gasteiger partial charge is 0.546 e. The maximum absolute atomic E-state index is 13.0. The number of nitrogens with zero attached hydrogens (tertiary/aromatic N) is 2. The summed E-state index contributed by atoms with van der Waals surface area (Å²) in [6.07, 6.45) is 1.75. The standard InChI is InChI=1S/C21H18Br2N2O5S/c1-29-8-7-25-20(28)17(31-21(25)24-14-5-3-2-4-6-14)11-13-9-15(22)19(16(23)10-13)30-12-18(26)27/h2-6,9-11H,7-8,12H2,1H3,(H,26,27)/p-1/b17-11-,24-21?. The molecule has 0 N–H and O–H groups in total. The lowest BCUT2D eigenvalue weighted by atomic mass is 10.2. The Hall–Kier alpha value is -2.14. The van der Waals surface area contributed by atoms with Crippen molar-refractivity contribution in [1.29, 1.82) is 0 Å². The number of carboxylic acid groups (broad SMARTS) is 1. The lowest BCUT2D eigenvalue weighted by molar-refractivity contribution is -0.307. The molecule has 0 spiro atoms. The number of methoxy groups -OCH3 is 1. The third-order valence-electron chi connectivity index (χ3n) is 4.04. The summed E-state index contributed by atoms with van der Waals surface area (Å²) in [6.45, 7) is 0.198. The smallest absolute Gasteiger partial charge is 0.266 e. The van der Waals surface area contributed by atoms with Crippen molar-refractivity contribution in [2.24, 2.45) is 4.99 Å². The van der Waals surface area contributed by atoms with E-state index in [1.165, 1.54) is 11.8 Å². The van der Waals surface area contributed by atoms with Crippen LogP contribution in [0.25, 0.3) is 6.08 Å². The van der Waals surface area contributed by atoms with Crippen molar-refractivity contribution in [3.8, 4) is 5.75 Å². The van der Waals surface area contributed by atoms with Crippen LogP contribution in [-0.2, 0) is 14.3 Å². The van der Waals surface area contributed by atoms with Crippen LogP contribution < -0.4 is 9.84 Å². The minimum Gasteiger partial charge on any atom is -0.546 e. The van der Waals surface area contributed by atoms with Gasteiger partial charge in [0, 0.05) is 7.11 Å². The average molecular weight is 569 g/mol. The van der Waals surface area contributed by atoms with Gasteiger partial charge < -0.3 is 19.4 Å². The summed E-state index contributed by atoms with van der Waals surface area (Å²) in [5, 5.41) is 11.2. The van der Waals surface area contributed by atoms with Gasteiger partial charge in [0.1, 0.15) is 12.4 Å². The molecule has 7 nitrogen and oxygen atoms in total. The first-order valence-corrected chi connectivity index (χ1v) is 11.4. The molecule has 1 aliphatic rings. The molecule has 1 heterocycles. The van der Waals surface area contributed by atoms with E-state index < -0.39 is 12.6 Å². The van der Waals surface area contributed by atoms with Crippen LogP contribution in [0, 0.1) is 0 Å². The van der Waals surface area contributed by atoms with Gasteiger partial charge in [-0.2, -0.15) is 0 Å². The van der Waals surface area contributed by atoms with Gasteiger partial charge in [0.2, 0.25) is 0 Å². The third-order valence-corrected chi connectivity index (χ3v) is 6.23. The summed E-state index contributed by atoms with van der Waals surface area (Å²) in [5.41, 5.74) is 1.48. The summed E-state index contributed by atoms with van der Waals surface area (Å²) in [4.78, 5) is 30.4. The highest BCUT2D eigenvalue weighted by Gasteiger charge is 2.33. The maximum atomic E-state index is 13.0. The number of thioether (sulfide) groups is 1. The van der Waals surface area contributed by atoms with Gasteiger partial charge in [0.25, 0.3) is 5.91 Å². The van der Waals surface area contributed by atoms with E-state index in [0.29, 0.717) is 37.9 Å². The molecule has 0 aliphatic carbocycles. The van der Waals surface area contributed by atoms with Crippen LogP contribution in [-0.4, -0.2) is 48.8 Å². The maximum Gasteiger partial charge on any atom is 0.266 e. The summed E-state index contributed by atoms with van der Waals surface area (Å²) >= 11 is 8.03. The molecule has 31 heavy (non-hydrogen) atoms. The first-order chi connectivity index (χ1) is 14.9. The highest BCUT2D eigenvalue weighted by molar-refractivity contribution is 9.11. The molecule has 0 aromatic heterocycles. The van der Waals surface area contributed by atoms with Crippen molar-refractivity contribution in [2.75, 3.05) is 26.9 Å². The van der Waals surface area contributed by atoms with E-state index in [2.05, 4.69) is 36.9 Å². The van der Waals surface area contributed by atoms with Gasteiger partial charge >= 0.3 is 0 Å². The molecular formula is C21H17Br2N2O5S-. The highest BCUT2D eigenvalue weighted by atomic mass is 79.9. The molecule has 1 amide bonds. The zero-order valence-electron chi connectivity index (χ0n) is 16.3. The Morgan fingerprint density at radius 1 is 1.23 bits per heavy atom. The van der Waals surface area contributed by atoms with Gasteiger partial charge in [-0.25, -0.2) is 4.99 Å². The lowest BCUT2D eigenvalue weighted by Gasteiger charge is -2.14. The van der Waals surface area contributed by atoms with Crippen LogP contribution in [0.1, 0.15) is 5.56 Å². The van der Waals surface area contributed by atoms with Gasteiger partial charge in [-0.3, -0.25) is 9.69 Å². The Labute approximate surface area is 200 Å². The van der Waals surface area contributed by atoms with E-state index in [1.54, 1.807) is 30.2 Å². The van der Waals surface area contributed by atoms with Gasteiger partial charge in [0.15, 0.2) is 5.17 Å². The molecule has 0 unspecified atom stereocenters. The van der Waals surface area contributed by atoms with Crippen LogP contribution in [0.5, 0.6) is 5.75 Å². The molecule has 3 rings (SSSR count). The number of amidine groups is 1. The van der Waals surface area contributed by atoms with Crippen LogP contribution in [0.15, 0.2) is 61.3 Å². The molecule has 1 aliphatic heterocycles. The van der Waals surface area contributed by atoms with E-state index in [4.69, 9.17) is 9.47 Å². The Kier molecular flexibility index (Phi) is 8.30. The minimum atomic E-state index is -1.32. The second-order valence-electron chi connectivity index (χ2n) is 6.26. The zero-order valence-corrected chi connectivity index (χ0v) is 20.3. The predicted molar refractivity (Wildman–Crippen MR) is 125 cm³/mol. The van der Waals surface area contributed by atoms with Crippen molar-refractivity contribution in [2.45, 2.75) is 0 Å². The summed E-state index contributed by atoms with van der Waals surface area (Å²) in [7, 11) is 1.58. The Bertz CT molecular complexity index is 1020. The summed E-state index contributed by atoms with van der Waals surface area (Å²) in [6, 6.07) is 12.9. The number of carboxylic acids is 1. The van der Waals surface area contributed by atoms with Gasteiger partial charge in [-0.05, 0) is 79.5 Å². The van der Waals surface area contributed by atoms with Crippen LogP contribution >= 0.6 is 43.6 Å². The number of carbonyl (C=O) groups is 2. The molecule has 1 saturated heterocycles. The Morgan fingerprint density at radius 3 is 2.52 bits per heavy atom. The lowest BCUT2D eigenvalue weighted by Crippen LogP contribution is -2.32. The fourth-order valence-electron chi connectivity index (χ4n) is 2.67. The van der Waals surface area contributed by atoms with E-state index in [-0.39, 0.29) is 5.91 Å². The number of aliphatic imine (C=N–C) groups is 1. The first-order valence-electron chi connectivity index (χ1n) is 9.05. The normalized spacial score (nSPS) is 16.4. The van der Waals surface area contributed by atoms with E-state index in [1.807, 2.05) is 30.3 Å². The zero-order chi connectivity index (χ0) is 22.4. The number of aliphatic carboxylic acids is 1. The molecule has 0 atom stereocenters. The third kappa shape index (κ3) is 6.19. The molecule has 162 valence electrons. The Morgan fingerprint density at radius 2 is 1.90 bits per heavy atom. The molecule has 2 aromatic carbocycles. The number of amides is 1. The van der Waals surface area contributed by atoms with Gasteiger partial charge in [-0.1, -0.05) is 18.2 Å². The summed E-state index contributed by atoms with van der Waals surface area (Å²) in [5.74, 6) is -1.15. The second kappa shape index (κ2) is 10.9. The molecule has 0 radical (unpaired) electrons. The van der Waals surface area contributed by atoms with Crippen LogP contribution in [0.4, 0.5) is 5.69 Å². The van der Waals surface area contributed by atoms with Crippen molar-refractivity contribution in [1.82, 2.24) is 4.90 Å². The number of para-hydroxylation sites is 1. The number of rotatable bonds is 8. The number of carbonyl (C=O) groups excluding carboxylic acids is 2. The second-order valence-corrected chi connectivity index (χ2v) is 8.98. The minimum absolute atomic E-state index is 0.166. The van der Waals surface area contributed by atoms with E-state index >= 15 is 0 Å². The molecule has 1 fully saturated rings. The van der Waals surface area contributed by atoms with Gasteiger partial charge in [-0.15, -0.1) is 0 Å². The number of benzene rings is 2. The molecular weight excluding hydrogens is 552 g/mol. The number of ether oxygens (including phenoxy) is 2. The summed E-state index contributed by atoms with van der Waals surface area (Å²) < 4.78 is 11.5.